The van der Waals surface area contributed by atoms with Gasteiger partial charge in [-0.05, 0) is 173 Å². The van der Waals surface area contributed by atoms with Crippen molar-refractivity contribution in [2.75, 3.05) is 60.3 Å². The Kier molecular flexibility index (Phi) is 31.5. The number of aromatic amines is 2. The number of nitrogens with one attached hydrogen (secondary N) is 5. The van der Waals surface area contributed by atoms with E-state index in [4.69, 9.17) is 74.7 Å². The highest BCUT2D eigenvalue weighted by atomic mass is 35.5. The highest BCUT2D eigenvalue weighted by molar-refractivity contribution is 6.33. The van der Waals surface area contributed by atoms with Crippen LogP contribution in [0.3, 0.4) is 0 Å². The van der Waals surface area contributed by atoms with E-state index >= 15 is 0 Å². The monoisotopic (exact) mass is 1830 g/mol. The largest absolute Gasteiger partial charge is 0.480 e. The van der Waals surface area contributed by atoms with Crippen molar-refractivity contribution in [3.05, 3.63) is 177 Å². The number of carbonyl (C=O) groups excluding carboxylic acids is 3. The Morgan fingerprint density at radius 3 is 1.35 bits per heavy atom. The van der Waals surface area contributed by atoms with E-state index in [1.165, 1.54) is 81.0 Å². The second-order valence-electron chi connectivity index (χ2n) is 28.3. The lowest BCUT2D eigenvalue weighted by Crippen LogP contribution is -2.47. The molecule has 5 aliphatic rings. The van der Waals surface area contributed by atoms with E-state index in [0.717, 1.165) is 85.1 Å². The van der Waals surface area contributed by atoms with E-state index in [1.54, 1.807) is 51.1 Å². The molecule has 12 heterocycles. The van der Waals surface area contributed by atoms with Gasteiger partial charge in [0.05, 0.1) is 113 Å². The van der Waals surface area contributed by atoms with Crippen LogP contribution in [0.15, 0.2) is 67.3 Å². The second-order valence-corrected chi connectivity index (χ2v) is 30.7. The van der Waals surface area contributed by atoms with E-state index in [2.05, 4.69) is 75.8 Å². The van der Waals surface area contributed by atoms with E-state index in [-0.39, 0.29) is 72.5 Å². The molecule has 15 rings (SSSR count). The number of fused-ring (bicyclic) bond motifs is 4. The Labute approximate surface area is 715 Å². The molecule has 1 fully saturated rings. The number of carbonyl (C=O) groups is 4. The van der Waals surface area contributed by atoms with Gasteiger partial charge in [0, 0.05) is 60.2 Å². The molecular weight excluding hydrogens is 1750 g/mol. The SMILES string of the molecule is CN[C@@H]1CCCC[C@H]1NC.Cc1c(Cl)c(C(F)(F)F)nn1CC(=O)N1CCCc2[nH]ccc21.Cc1c(Cl)c(C(F)(F)F)nn1CC(=O)O.Cc1cc(-n2cc3c(n2)CCCN3C(=O)Cn2nc(C(F)(F)F)c(Cl)c2C)ccc1Cl.Cc1cc(-n2ncc3c2CCCN3C(=O)Cn2nc(C(F)(F)F)c(Cl)c2C)ccc1Cl.Cl.c1n[nH]c2c1NCCC2. The van der Waals surface area contributed by atoms with Crippen molar-refractivity contribution in [1.82, 2.24) is 84.5 Å². The van der Waals surface area contributed by atoms with Gasteiger partial charge in [0.15, 0.2) is 22.8 Å². The molecule has 2 aromatic carbocycles. The van der Waals surface area contributed by atoms with Crippen LogP contribution in [0.4, 0.5) is 75.4 Å². The third-order valence-electron chi connectivity index (χ3n) is 20.3. The molecule has 10 aromatic rings. The summed E-state index contributed by atoms with van der Waals surface area (Å²) in [6.07, 6.45) is 0.500. The maximum Gasteiger partial charge on any atom is 0.436 e. The fourth-order valence-corrected chi connectivity index (χ4v) is 15.1. The number of nitrogens with zero attached hydrogens (tertiary/aromatic N) is 16. The minimum Gasteiger partial charge on any atom is -0.480 e. The summed E-state index contributed by atoms with van der Waals surface area (Å²) in [4.78, 5) is 56.5. The number of rotatable bonds is 12. The van der Waals surface area contributed by atoms with E-state index < -0.39 is 80.1 Å². The number of H-pyrrole nitrogens is 2. The molecule has 0 radical (unpaired) electrons. The number of alkyl halides is 12. The predicted molar refractivity (Wildman–Crippen MR) is 432 cm³/mol. The number of likely N-dealkylation sites (N-methyl/N-ethyl adjacent to an activating group) is 2. The van der Waals surface area contributed by atoms with Crippen LogP contribution in [-0.2, 0) is 95.7 Å². The Hall–Kier alpha value is -9.02. The van der Waals surface area contributed by atoms with E-state index in [0.29, 0.717) is 83.5 Å². The number of halogens is 19. The molecule has 652 valence electrons. The van der Waals surface area contributed by atoms with Gasteiger partial charge >= 0.3 is 30.7 Å². The number of aliphatic carboxylic acids is 1. The van der Waals surface area contributed by atoms with Crippen LogP contribution in [0.25, 0.3) is 11.4 Å². The normalized spacial score (nSPS) is 15.7. The first-order valence-corrected chi connectivity index (χ1v) is 39.6. The lowest BCUT2D eigenvalue weighted by Gasteiger charge is -2.30. The van der Waals surface area contributed by atoms with Crippen molar-refractivity contribution in [3.8, 4) is 11.4 Å². The molecule has 0 spiro atoms. The summed E-state index contributed by atoms with van der Waals surface area (Å²) in [7, 11) is 4.11. The Morgan fingerprint density at radius 2 is 0.917 bits per heavy atom. The van der Waals surface area contributed by atoms with Gasteiger partial charge in [-0.3, -0.25) is 43.0 Å². The molecule has 26 nitrogen and oxygen atoms in total. The average Bonchev–Trinajstić information content (AvgIpc) is 1.62. The summed E-state index contributed by atoms with van der Waals surface area (Å²) in [5.74, 6) is -2.37. The number of carboxylic acid groups (broad SMARTS) is 1. The standard InChI is InChI=1S/2C20H18Cl2F3N5O.C14H14ClF3N4O.C8H18N2.C7H6ClF3N2O2.C6H9N3.ClH/c1-11-8-13(5-6-14(11)21)30-9-16-15(26-30)4-3-7-28(16)17(31)10-29-12(2)18(22)19(27-29)20(23,24)25;1-11-8-13(5-6-14(11)21)30-15-4-3-7-28(16(15)9-26-30)17(31)10-29-12(2)18(22)19(27-29)20(23,24)25;1-8-12(15)13(14(16,17)18)20-22(8)7-11(23)21-6-2-3-9-10(21)4-5-19-9;1-9-7-5-3-4-6-8(7)10-2;1-3-5(8)6(7(9,10)11)12-13(3)2-4(14)15;1-2-5-6(7-3-1)4-8-9-5;/h2*5-6,8-9H,3-4,7,10H2,1-2H3;4-5,19H,2-3,6-7H2,1H3;7-10H,3-6H2,1-2H3;2H2,1H3,(H,14,15);4,7H,1-3H2,(H,8,9);1H/t;;;7-,8-;;;/m...1.../s1. The number of hydrogen-bond acceptors (Lipinski definition) is 14. The van der Waals surface area contributed by atoms with Crippen molar-refractivity contribution in [3.63, 3.8) is 0 Å². The molecular formula is C75H84Cl7F12N21O5. The molecule has 0 saturated heterocycles. The maximum atomic E-state index is 13.1. The van der Waals surface area contributed by atoms with Crippen molar-refractivity contribution >= 4 is 128 Å². The van der Waals surface area contributed by atoms with Crippen LogP contribution in [0.5, 0.6) is 0 Å². The fourth-order valence-electron chi connectivity index (χ4n) is 13.9. The van der Waals surface area contributed by atoms with Gasteiger partial charge in [0.1, 0.15) is 26.2 Å². The zero-order chi connectivity index (χ0) is 87.1. The number of amides is 3. The molecule has 8 aromatic heterocycles. The van der Waals surface area contributed by atoms with Gasteiger partial charge in [-0.2, -0.15) is 88.4 Å². The topological polar surface area (TPSA) is 286 Å². The Balaban J connectivity index is 0.000000172. The molecule has 1 aliphatic carbocycles. The molecule has 120 heavy (non-hydrogen) atoms. The number of aromatic nitrogens is 15. The summed E-state index contributed by atoms with van der Waals surface area (Å²) in [6.45, 7) is 10.1. The highest BCUT2D eigenvalue weighted by Crippen LogP contribution is 2.41. The Morgan fingerprint density at radius 1 is 0.500 bits per heavy atom. The minimum absolute atomic E-state index is 0. The summed E-state index contributed by atoms with van der Waals surface area (Å²) in [5.41, 5.74) is 5.93. The molecule has 0 bridgehead atoms. The molecule has 6 N–H and O–H groups in total. The first-order valence-electron chi connectivity index (χ1n) is 37.3. The van der Waals surface area contributed by atoms with Gasteiger partial charge in [-0.15, -0.1) is 12.4 Å². The average molecular weight is 1840 g/mol. The van der Waals surface area contributed by atoms with Crippen LogP contribution in [0.1, 0.15) is 131 Å². The smallest absolute Gasteiger partial charge is 0.436 e. The van der Waals surface area contributed by atoms with Crippen LogP contribution >= 0.6 is 82.0 Å². The first kappa shape index (κ1) is 94.8. The molecule has 2 atom stereocenters. The summed E-state index contributed by atoms with van der Waals surface area (Å²) in [6, 6.07) is 14.2. The number of aryl methyl sites for hydroxylation is 5. The molecule has 1 saturated carbocycles. The number of anilines is 4. The first-order chi connectivity index (χ1) is 56.0. The van der Waals surface area contributed by atoms with Crippen molar-refractivity contribution < 1.29 is 77.0 Å². The lowest BCUT2D eigenvalue weighted by molar-refractivity contribution is -0.143. The van der Waals surface area contributed by atoms with Gasteiger partial charge < -0.3 is 40.7 Å². The highest BCUT2D eigenvalue weighted by Gasteiger charge is 2.43. The Bertz CT molecular complexity index is 5160. The van der Waals surface area contributed by atoms with Crippen LogP contribution in [0.2, 0.25) is 30.1 Å². The van der Waals surface area contributed by atoms with Gasteiger partial charge in [-0.1, -0.05) is 82.4 Å². The van der Waals surface area contributed by atoms with E-state index in [1.807, 2.05) is 44.3 Å². The zero-order valence-corrected chi connectivity index (χ0v) is 70.9. The van der Waals surface area contributed by atoms with E-state index in [9.17, 15) is 71.9 Å². The van der Waals surface area contributed by atoms with Crippen LogP contribution in [0, 0.1) is 41.5 Å². The predicted octanol–water partition coefficient (Wildman–Crippen LogP) is 17.0. The third-order valence-corrected chi connectivity index (χ3v) is 22.9. The van der Waals surface area contributed by atoms with Crippen molar-refractivity contribution in [2.24, 2.45) is 0 Å². The summed E-state index contributed by atoms with van der Waals surface area (Å²) >= 11 is 34.9. The molecule has 45 heteroatoms. The molecule has 3 amide bonds. The maximum absolute atomic E-state index is 13.1. The number of benzene rings is 2. The molecule has 0 unspecified atom stereocenters. The number of hydrogen-bond donors (Lipinski definition) is 6. The number of carboxylic acids is 1. The van der Waals surface area contributed by atoms with Gasteiger partial charge in [0.25, 0.3) is 0 Å². The summed E-state index contributed by atoms with van der Waals surface area (Å²) < 4.78 is 161. The summed E-state index contributed by atoms with van der Waals surface area (Å²) in [5, 5.41) is 47.1. The van der Waals surface area contributed by atoms with Crippen molar-refractivity contribution in [1.29, 1.82) is 0 Å². The third kappa shape index (κ3) is 22.4. The second kappa shape index (κ2) is 39.9. The zero-order valence-electron chi connectivity index (χ0n) is 65.6. The van der Waals surface area contributed by atoms with Crippen LogP contribution < -0.4 is 30.7 Å². The fraction of sp³-hybridized carbons (Fsp3) is 0.453. The lowest BCUT2D eigenvalue weighted by atomic mass is 9.91. The minimum atomic E-state index is -4.69. The molecule has 4 aliphatic heterocycles. The quantitative estimate of drug-likeness (QED) is 0.0620. The van der Waals surface area contributed by atoms with Crippen LogP contribution in [-0.4, -0.2) is 155 Å². The van der Waals surface area contributed by atoms with Crippen molar-refractivity contribution in [2.45, 2.75) is 182 Å². The van der Waals surface area contributed by atoms with Gasteiger partial charge in [-0.25, -0.2) is 9.36 Å². The van der Waals surface area contributed by atoms with Gasteiger partial charge in [0.2, 0.25) is 17.7 Å².